The molecule has 3 N–H and O–H groups in total. The number of aromatic nitrogens is 1. The summed E-state index contributed by atoms with van der Waals surface area (Å²) in [5, 5.41) is 6.81. The molecule has 1 saturated heterocycles. The molecule has 1 saturated carbocycles. The molecule has 7 nitrogen and oxygen atoms in total. The molecule has 22 heavy (non-hydrogen) atoms. The average Bonchev–Trinajstić information content (AvgIpc) is 3.14. The van der Waals surface area contributed by atoms with E-state index in [0.717, 1.165) is 18.6 Å². The number of nitrogens with one attached hydrogen (secondary N) is 1. The molecule has 2 heterocycles. The Kier molecular flexibility index (Phi) is 4.19. The van der Waals surface area contributed by atoms with E-state index in [1.807, 2.05) is 6.92 Å². The van der Waals surface area contributed by atoms with Crippen LogP contribution in [-0.2, 0) is 0 Å². The lowest BCUT2D eigenvalue weighted by molar-refractivity contribution is 0.0903. The molecule has 3 rings (SSSR count). The summed E-state index contributed by atoms with van der Waals surface area (Å²) in [4.78, 5) is 12.2. The van der Waals surface area contributed by atoms with Crippen molar-refractivity contribution in [2.75, 3.05) is 12.8 Å². The maximum atomic E-state index is 12.2. The summed E-state index contributed by atoms with van der Waals surface area (Å²) in [6, 6.07) is 1.75. The fraction of sp³-hybridized carbons (Fsp3) is 0.714. The molecule has 0 unspecified atom stereocenters. The largest absolute Gasteiger partial charge is 0.360 e. The second-order valence-electron chi connectivity index (χ2n) is 6.37. The molecule has 2 atom stereocenters. The lowest BCUT2D eigenvalue weighted by Gasteiger charge is -2.47. The Bertz CT molecular complexity index is 558. The average molecular weight is 331 g/mol. The van der Waals surface area contributed by atoms with E-state index in [1.165, 1.54) is 6.26 Å². The first kappa shape index (κ1) is 15.8. The molecule has 0 spiro atoms. The van der Waals surface area contributed by atoms with Gasteiger partial charge in [-0.05, 0) is 32.6 Å². The zero-order valence-electron chi connectivity index (χ0n) is 12.9. The van der Waals surface area contributed by atoms with Crippen LogP contribution < -0.4 is 5.32 Å². The van der Waals surface area contributed by atoms with E-state index < -0.39 is 10.8 Å². The first-order valence-corrected chi connectivity index (χ1v) is 9.53. The second kappa shape index (κ2) is 5.84. The van der Waals surface area contributed by atoms with Crippen LogP contribution in [0.5, 0.6) is 0 Å². The Morgan fingerprint density at radius 3 is 2.82 bits per heavy atom. The molecule has 1 aliphatic carbocycles. The second-order valence-corrected chi connectivity index (χ2v) is 8.42. The number of nitrogens with zero attached hydrogens (tertiary/aromatic N) is 2. The third-order valence-electron chi connectivity index (χ3n) is 4.34. The van der Waals surface area contributed by atoms with Crippen LogP contribution in [0.1, 0.15) is 56.2 Å². The molecule has 1 amide bonds. The van der Waals surface area contributed by atoms with Crippen LogP contribution >= 0.6 is 10.8 Å². The van der Waals surface area contributed by atoms with Gasteiger partial charge < -0.3 is 9.84 Å². The van der Waals surface area contributed by atoms with E-state index in [9.17, 15) is 13.9 Å². The fourth-order valence-electron chi connectivity index (χ4n) is 3.01. The number of hydrogen-bond donors (Lipinski definition) is 3. The fourth-order valence-corrected chi connectivity index (χ4v) is 4.23. The zero-order chi connectivity index (χ0) is 15.9. The van der Waals surface area contributed by atoms with Gasteiger partial charge in [-0.1, -0.05) is 5.16 Å². The highest BCUT2D eigenvalue weighted by atomic mass is 32.3. The van der Waals surface area contributed by atoms with Crippen LogP contribution in [0.25, 0.3) is 0 Å². The summed E-state index contributed by atoms with van der Waals surface area (Å²) >= 11 is 0. The Morgan fingerprint density at radius 1 is 1.50 bits per heavy atom. The van der Waals surface area contributed by atoms with Crippen molar-refractivity contribution in [1.29, 1.82) is 0 Å². The molecule has 8 heteroatoms. The molecule has 126 valence electrons. The molecule has 2 fully saturated rings. The SMILES string of the molecule is C[C@@H]1C[C@@H](NC(=O)c2cc(C3CC3)on2)CCN1S(C)(O)O.[HH]. The van der Waals surface area contributed by atoms with Crippen LogP contribution in [0, 0.1) is 0 Å². The zero-order valence-corrected chi connectivity index (χ0v) is 13.7. The van der Waals surface area contributed by atoms with Crippen molar-refractivity contribution in [3.8, 4) is 0 Å². The highest BCUT2D eigenvalue weighted by Crippen LogP contribution is 2.43. The summed E-state index contributed by atoms with van der Waals surface area (Å²) in [5.74, 6) is 1.02. The maximum Gasteiger partial charge on any atom is 0.273 e. The van der Waals surface area contributed by atoms with Gasteiger partial charge in [-0.2, -0.15) is 0 Å². The van der Waals surface area contributed by atoms with Gasteiger partial charge in [0.25, 0.3) is 5.91 Å². The highest BCUT2D eigenvalue weighted by Gasteiger charge is 2.33. The van der Waals surface area contributed by atoms with Crippen LogP contribution in [-0.4, -0.2) is 49.4 Å². The van der Waals surface area contributed by atoms with Crippen LogP contribution in [0.3, 0.4) is 0 Å². The van der Waals surface area contributed by atoms with Gasteiger partial charge in [0, 0.05) is 38.3 Å². The molecule has 0 aromatic carbocycles. The van der Waals surface area contributed by atoms with Gasteiger partial charge in [0.2, 0.25) is 0 Å². The lowest BCUT2D eigenvalue weighted by atomic mass is 10.0. The summed E-state index contributed by atoms with van der Waals surface area (Å²) in [6.45, 7) is 2.49. The summed E-state index contributed by atoms with van der Waals surface area (Å²) in [5.41, 5.74) is 0.330. The monoisotopic (exact) mass is 331 g/mol. The van der Waals surface area contributed by atoms with E-state index in [-0.39, 0.29) is 19.4 Å². The summed E-state index contributed by atoms with van der Waals surface area (Å²) in [7, 11) is -2.69. The van der Waals surface area contributed by atoms with E-state index in [1.54, 1.807) is 10.4 Å². The molecule has 2 aliphatic rings. The molecule has 1 aromatic heterocycles. The molecular weight excluding hydrogens is 306 g/mol. The quantitative estimate of drug-likeness (QED) is 0.784. The highest BCUT2D eigenvalue weighted by molar-refractivity contribution is 8.21. The van der Waals surface area contributed by atoms with Gasteiger partial charge in [0.05, 0.1) is 0 Å². The van der Waals surface area contributed by atoms with Gasteiger partial charge in [0.15, 0.2) is 5.69 Å². The Morgan fingerprint density at radius 2 is 2.23 bits per heavy atom. The van der Waals surface area contributed by atoms with Gasteiger partial charge >= 0.3 is 0 Å². The number of carbonyl (C=O) groups is 1. The van der Waals surface area contributed by atoms with Gasteiger partial charge in [-0.3, -0.25) is 13.9 Å². The Hall–Kier alpha value is -1.09. The lowest BCUT2D eigenvalue weighted by Crippen LogP contribution is -2.49. The Balaban J connectivity index is 0.00000192. The van der Waals surface area contributed by atoms with Crippen molar-refractivity contribution in [3.63, 3.8) is 0 Å². The van der Waals surface area contributed by atoms with E-state index in [0.29, 0.717) is 31.0 Å². The minimum Gasteiger partial charge on any atom is -0.360 e. The van der Waals surface area contributed by atoms with Crippen molar-refractivity contribution in [1.82, 2.24) is 14.8 Å². The third-order valence-corrected chi connectivity index (χ3v) is 5.77. The molecule has 1 aromatic rings. The molecule has 0 bridgehead atoms. The summed E-state index contributed by atoms with van der Waals surface area (Å²) in [6.07, 6.45) is 5.03. The third kappa shape index (κ3) is 3.45. The van der Waals surface area contributed by atoms with E-state index in [4.69, 9.17) is 4.52 Å². The predicted octanol–water partition coefficient (Wildman–Crippen LogP) is 2.68. The van der Waals surface area contributed by atoms with Crippen molar-refractivity contribution in [3.05, 3.63) is 17.5 Å². The van der Waals surface area contributed by atoms with Gasteiger partial charge in [-0.15, -0.1) is 10.8 Å². The van der Waals surface area contributed by atoms with Crippen LogP contribution in [0.15, 0.2) is 10.6 Å². The first-order chi connectivity index (χ1) is 10.3. The number of amides is 1. The maximum absolute atomic E-state index is 12.2. The first-order valence-electron chi connectivity index (χ1n) is 7.62. The normalized spacial score (nSPS) is 27.6. The standard InChI is InChI=1S/C14H23N3O4S.H2/c1-9-7-11(5-6-17(9)22(2,19)20)15-14(18)12-8-13(21-16-12)10-3-4-10;/h8-11,19-20H,3-7H2,1-2H3,(H,15,18);1H/t9-,11+;/m1./s1. The number of hydrogen-bond acceptors (Lipinski definition) is 6. The van der Waals surface area contributed by atoms with Crippen molar-refractivity contribution in [2.45, 2.75) is 50.6 Å². The number of carbonyl (C=O) groups excluding carboxylic acids is 1. The van der Waals surface area contributed by atoms with Crippen molar-refractivity contribution < 1.29 is 19.8 Å². The molecular formula is C14H25N3O4S. The van der Waals surface area contributed by atoms with Gasteiger partial charge in [-0.25, -0.2) is 4.31 Å². The van der Waals surface area contributed by atoms with Crippen LogP contribution in [0.4, 0.5) is 0 Å². The van der Waals surface area contributed by atoms with Crippen molar-refractivity contribution in [2.24, 2.45) is 0 Å². The molecule has 1 aliphatic heterocycles. The van der Waals surface area contributed by atoms with E-state index >= 15 is 0 Å². The summed E-state index contributed by atoms with van der Waals surface area (Å²) < 4.78 is 26.5. The minimum atomic E-state index is -2.69. The Labute approximate surface area is 133 Å². The number of rotatable bonds is 4. The minimum absolute atomic E-state index is 0. The van der Waals surface area contributed by atoms with E-state index in [2.05, 4.69) is 10.5 Å². The molecule has 0 radical (unpaired) electrons. The van der Waals surface area contributed by atoms with Crippen molar-refractivity contribution >= 4 is 16.7 Å². The predicted molar refractivity (Wildman–Crippen MR) is 86.0 cm³/mol. The van der Waals surface area contributed by atoms with Gasteiger partial charge in [0.1, 0.15) is 5.76 Å². The number of piperidine rings is 1. The smallest absolute Gasteiger partial charge is 0.273 e. The topological polar surface area (TPSA) is 98.8 Å². The van der Waals surface area contributed by atoms with Crippen LogP contribution in [0.2, 0.25) is 0 Å².